The van der Waals surface area contributed by atoms with Gasteiger partial charge in [-0.2, -0.15) is 0 Å². The zero-order chi connectivity index (χ0) is 20.5. The molecule has 0 saturated heterocycles. The Morgan fingerprint density at radius 3 is 2.59 bits per heavy atom. The van der Waals surface area contributed by atoms with Gasteiger partial charge in [-0.25, -0.2) is 13.8 Å². The van der Waals surface area contributed by atoms with Gasteiger partial charge in [0, 0.05) is 10.7 Å². The molecule has 4 rings (SSSR count). The number of anilines is 1. The maximum Gasteiger partial charge on any atom is 0.336 e. The van der Waals surface area contributed by atoms with Crippen molar-refractivity contribution in [3.63, 3.8) is 0 Å². The van der Waals surface area contributed by atoms with Crippen LogP contribution in [0.15, 0.2) is 69.6 Å². The summed E-state index contributed by atoms with van der Waals surface area (Å²) in [6.45, 7) is -0.315. The van der Waals surface area contributed by atoms with E-state index in [4.69, 9.17) is 11.6 Å². The van der Waals surface area contributed by atoms with E-state index in [9.17, 15) is 18.8 Å². The van der Waals surface area contributed by atoms with Gasteiger partial charge in [0.1, 0.15) is 17.1 Å². The summed E-state index contributed by atoms with van der Waals surface area (Å²) < 4.78 is 15.6. The first-order valence-corrected chi connectivity index (χ1v) is 9.74. The van der Waals surface area contributed by atoms with Gasteiger partial charge < -0.3 is 5.32 Å². The molecular weight excluding hydrogens is 417 g/mol. The summed E-state index contributed by atoms with van der Waals surface area (Å²) in [4.78, 5) is 38.5. The third-order valence-corrected chi connectivity index (χ3v) is 5.38. The molecule has 0 bridgehead atoms. The smallest absolute Gasteiger partial charge is 0.325 e. The lowest BCUT2D eigenvalue weighted by atomic mass is 10.3. The molecule has 2 heterocycles. The Hall–Kier alpha value is -3.23. The molecule has 0 spiro atoms. The molecule has 6 nitrogen and oxygen atoms in total. The maximum atomic E-state index is 13.1. The van der Waals surface area contributed by atoms with Gasteiger partial charge in [0.15, 0.2) is 0 Å². The van der Waals surface area contributed by atoms with Crippen LogP contribution in [-0.4, -0.2) is 15.0 Å². The van der Waals surface area contributed by atoms with E-state index in [2.05, 4.69) is 5.32 Å². The quantitative estimate of drug-likeness (QED) is 0.538. The number of carbonyl (C=O) groups excluding carboxylic acids is 1. The van der Waals surface area contributed by atoms with Crippen LogP contribution in [0.25, 0.3) is 15.9 Å². The van der Waals surface area contributed by atoms with E-state index in [-0.39, 0.29) is 6.54 Å². The molecule has 1 N–H and O–H groups in total. The van der Waals surface area contributed by atoms with Crippen LogP contribution >= 0.6 is 22.9 Å². The van der Waals surface area contributed by atoms with Gasteiger partial charge in [-0.05, 0) is 53.9 Å². The molecule has 2 aromatic heterocycles. The Kier molecular flexibility index (Phi) is 5.04. The summed E-state index contributed by atoms with van der Waals surface area (Å²) in [5.41, 5.74) is -0.0444. The summed E-state index contributed by atoms with van der Waals surface area (Å²) in [5, 5.41) is 4.67. The Morgan fingerprint density at radius 2 is 1.86 bits per heavy atom. The van der Waals surface area contributed by atoms with Gasteiger partial charge in [-0.1, -0.05) is 17.7 Å². The maximum absolute atomic E-state index is 13.1. The number of fused-ring (bicyclic) bond motifs is 1. The van der Waals surface area contributed by atoms with E-state index >= 15 is 0 Å². The van der Waals surface area contributed by atoms with Crippen molar-refractivity contribution in [1.29, 1.82) is 0 Å². The van der Waals surface area contributed by atoms with E-state index in [0.29, 0.717) is 26.6 Å². The van der Waals surface area contributed by atoms with Gasteiger partial charge in [-0.15, -0.1) is 11.3 Å². The Morgan fingerprint density at radius 1 is 1.10 bits per heavy atom. The second-order valence-electron chi connectivity index (χ2n) is 6.18. The number of hydrogen-bond acceptors (Lipinski definition) is 4. The normalized spacial score (nSPS) is 11.0. The average Bonchev–Trinajstić information content (AvgIpc) is 3.17. The molecule has 0 aliphatic carbocycles. The second-order valence-corrected chi connectivity index (χ2v) is 7.53. The molecule has 0 radical (unpaired) electrons. The molecule has 2 aromatic carbocycles. The molecule has 9 heteroatoms. The summed E-state index contributed by atoms with van der Waals surface area (Å²) >= 11 is 7.19. The van der Waals surface area contributed by atoms with Gasteiger partial charge >= 0.3 is 5.69 Å². The van der Waals surface area contributed by atoms with E-state index in [1.807, 2.05) is 0 Å². The van der Waals surface area contributed by atoms with Crippen molar-refractivity contribution < 1.29 is 9.18 Å². The summed E-state index contributed by atoms with van der Waals surface area (Å²) in [7, 11) is 0. The van der Waals surface area contributed by atoms with Crippen molar-refractivity contribution in [2.45, 2.75) is 6.54 Å². The van der Waals surface area contributed by atoms with Gasteiger partial charge in [-0.3, -0.25) is 14.2 Å². The first kappa shape index (κ1) is 19.1. The number of nitrogens with one attached hydrogen (secondary N) is 1. The molecule has 4 aromatic rings. The first-order valence-electron chi connectivity index (χ1n) is 8.48. The highest BCUT2D eigenvalue weighted by Gasteiger charge is 2.17. The van der Waals surface area contributed by atoms with Crippen molar-refractivity contribution in [3.05, 3.63) is 91.7 Å². The van der Waals surface area contributed by atoms with Crippen LogP contribution in [0.5, 0.6) is 0 Å². The molecular formula is C20H13ClFN3O3S. The second kappa shape index (κ2) is 7.65. The van der Waals surface area contributed by atoms with E-state index < -0.39 is 23.0 Å². The minimum absolute atomic E-state index is 0.315. The third kappa shape index (κ3) is 3.72. The van der Waals surface area contributed by atoms with E-state index in [1.165, 1.54) is 46.2 Å². The molecule has 0 saturated carbocycles. The first-order chi connectivity index (χ1) is 13.9. The fourth-order valence-electron chi connectivity index (χ4n) is 2.96. The lowest BCUT2D eigenvalue weighted by Crippen LogP contribution is -2.40. The minimum atomic E-state index is -0.655. The SMILES string of the molecule is O=C(Cn1c(=O)n(-c2cccc(Cl)c2)c(=O)c2sccc21)Nc1ccc(F)cc1. The number of nitrogens with zero attached hydrogens (tertiary/aromatic N) is 2. The fraction of sp³-hybridized carbons (Fsp3) is 0.0500. The van der Waals surface area contributed by atoms with E-state index in [0.717, 1.165) is 4.57 Å². The molecule has 0 unspecified atom stereocenters. The van der Waals surface area contributed by atoms with Crippen LogP contribution in [0.2, 0.25) is 5.02 Å². The standard InChI is InChI=1S/C20H13ClFN3O3S/c21-12-2-1-3-15(10-12)25-19(27)18-16(8-9-29-18)24(20(25)28)11-17(26)23-14-6-4-13(22)5-7-14/h1-10H,11H2,(H,23,26). The van der Waals surface area contributed by atoms with Crippen LogP contribution in [0.1, 0.15) is 0 Å². The number of rotatable bonds is 4. The number of benzene rings is 2. The molecule has 146 valence electrons. The fourth-order valence-corrected chi connectivity index (χ4v) is 3.97. The number of amides is 1. The highest BCUT2D eigenvalue weighted by Crippen LogP contribution is 2.18. The van der Waals surface area contributed by atoms with Gasteiger partial charge in [0.2, 0.25) is 5.91 Å². The number of carbonyl (C=O) groups is 1. The molecule has 0 aliphatic rings. The summed E-state index contributed by atoms with van der Waals surface area (Å²) in [6.07, 6.45) is 0. The highest BCUT2D eigenvalue weighted by atomic mass is 35.5. The molecule has 29 heavy (non-hydrogen) atoms. The van der Waals surface area contributed by atoms with Gasteiger partial charge in [0.05, 0.1) is 11.2 Å². The van der Waals surface area contributed by atoms with Crippen molar-refractivity contribution >= 4 is 44.7 Å². The summed E-state index contributed by atoms with van der Waals surface area (Å²) in [5.74, 6) is -0.907. The Bertz CT molecular complexity index is 1340. The molecule has 1 amide bonds. The van der Waals surface area contributed by atoms with Crippen molar-refractivity contribution in [2.24, 2.45) is 0 Å². The Balaban J connectivity index is 1.79. The van der Waals surface area contributed by atoms with Crippen LogP contribution < -0.4 is 16.6 Å². The predicted octanol–water partition coefficient (Wildman–Crippen LogP) is 3.65. The predicted molar refractivity (Wildman–Crippen MR) is 112 cm³/mol. The number of aromatic nitrogens is 2. The van der Waals surface area contributed by atoms with Gasteiger partial charge in [0.25, 0.3) is 5.56 Å². The zero-order valence-corrected chi connectivity index (χ0v) is 16.3. The lowest BCUT2D eigenvalue weighted by Gasteiger charge is -2.12. The monoisotopic (exact) mass is 429 g/mol. The van der Waals surface area contributed by atoms with Crippen LogP contribution in [0, 0.1) is 5.82 Å². The van der Waals surface area contributed by atoms with Crippen LogP contribution in [0.3, 0.4) is 0 Å². The lowest BCUT2D eigenvalue weighted by molar-refractivity contribution is -0.116. The largest absolute Gasteiger partial charge is 0.336 e. The van der Waals surface area contributed by atoms with E-state index in [1.54, 1.807) is 29.6 Å². The number of hydrogen-bond donors (Lipinski definition) is 1. The Labute approximate surface area is 172 Å². The topological polar surface area (TPSA) is 73.1 Å². The van der Waals surface area contributed by atoms with Crippen LogP contribution in [0.4, 0.5) is 10.1 Å². The third-order valence-electron chi connectivity index (χ3n) is 4.25. The van der Waals surface area contributed by atoms with Crippen molar-refractivity contribution in [2.75, 3.05) is 5.32 Å². The molecule has 0 fully saturated rings. The van der Waals surface area contributed by atoms with Crippen LogP contribution in [-0.2, 0) is 11.3 Å². The minimum Gasteiger partial charge on any atom is -0.325 e. The molecule has 0 aliphatic heterocycles. The van der Waals surface area contributed by atoms with Crippen molar-refractivity contribution in [3.8, 4) is 5.69 Å². The number of halogens is 2. The summed E-state index contributed by atoms with van der Waals surface area (Å²) in [6, 6.07) is 13.3. The molecule has 0 atom stereocenters. The average molecular weight is 430 g/mol. The highest BCUT2D eigenvalue weighted by molar-refractivity contribution is 7.17. The zero-order valence-electron chi connectivity index (χ0n) is 14.8. The van der Waals surface area contributed by atoms with Crippen molar-refractivity contribution in [1.82, 2.24) is 9.13 Å². The number of thiophene rings is 1.